The highest BCUT2D eigenvalue weighted by atomic mass is 16.5. The van der Waals surface area contributed by atoms with Crippen molar-refractivity contribution in [1.82, 2.24) is 0 Å². The van der Waals surface area contributed by atoms with E-state index < -0.39 is 5.41 Å². The van der Waals surface area contributed by atoms with Gasteiger partial charge in [-0.1, -0.05) is 42.2 Å². The molecule has 2 aromatic rings. The van der Waals surface area contributed by atoms with Gasteiger partial charge >= 0.3 is 5.97 Å². The smallest absolute Gasteiger partial charge is 0.338 e. The van der Waals surface area contributed by atoms with Crippen LogP contribution >= 0.6 is 0 Å². The Hall–Kier alpha value is -2.86. The lowest BCUT2D eigenvalue weighted by Gasteiger charge is -2.06. The molecule has 1 fully saturated rings. The van der Waals surface area contributed by atoms with Crippen molar-refractivity contribution in [3.8, 4) is 11.8 Å². The molecule has 1 aliphatic carbocycles. The number of ketones is 1. The van der Waals surface area contributed by atoms with E-state index in [1.54, 1.807) is 31.2 Å². The van der Waals surface area contributed by atoms with Crippen molar-refractivity contribution in [2.24, 2.45) is 5.41 Å². The summed E-state index contributed by atoms with van der Waals surface area (Å²) in [4.78, 5) is 24.2. The van der Waals surface area contributed by atoms with Crippen molar-refractivity contribution in [2.75, 3.05) is 6.61 Å². The first-order valence-electron chi connectivity index (χ1n) is 8.05. The van der Waals surface area contributed by atoms with Crippen LogP contribution in [0.5, 0.6) is 0 Å². The summed E-state index contributed by atoms with van der Waals surface area (Å²) in [6.07, 6.45) is 1.60. The minimum absolute atomic E-state index is 0.0961. The second-order valence-corrected chi connectivity index (χ2v) is 5.83. The fourth-order valence-corrected chi connectivity index (χ4v) is 2.50. The van der Waals surface area contributed by atoms with Gasteiger partial charge in [-0.2, -0.15) is 0 Å². The topological polar surface area (TPSA) is 43.4 Å². The predicted octanol–water partition coefficient (Wildman–Crippen LogP) is 3.88. The highest BCUT2D eigenvalue weighted by Crippen LogP contribution is 2.47. The van der Waals surface area contributed by atoms with Gasteiger partial charge in [0.05, 0.1) is 17.6 Å². The molecule has 0 bridgehead atoms. The van der Waals surface area contributed by atoms with Gasteiger partial charge in [-0.05, 0) is 44.0 Å². The molecule has 0 N–H and O–H groups in total. The van der Waals surface area contributed by atoms with Crippen LogP contribution in [-0.4, -0.2) is 18.4 Å². The Morgan fingerprint density at radius 2 is 1.67 bits per heavy atom. The van der Waals surface area contributed by atoms with Crippen LogP contribution in [0.15, 0.2) is 54.6 Å². The molecule has 120 valence electrons. The number of Topliss-reactive ketones (excluding diaryl/α,β-unsaturated/α-hetero) is 1. The Kier molecular flexibility index (Phi) is 4.48. The molecule has 1 saturated carbocycles. The number of carbonyl (C=O) groups is 2. The maximum absolute atomic E-state index is 12.6. The van der Waals surface area contributed by atoms with Gasteiger partial charge in [-0.3, -0.25) is 4.79 Å². The lowest BCUT2D eigenvalue weighted by atomic mass is 9.95. The number of carbonyl (C=O) groups excluding carboxylic acids is 2. The fraction of sp³-hybridized carbons (Fsp3) is 0.238. The second-order valence-electron chi connectivity index (χ2n) is 5.83. The molecule has 0 aliphatic heterocycles. The first-order valence-corrected chi connectivity index (χ1v) is 8.05. The van der Waals surface area contributed by atoms with E-state index in [-0.39, 0.29) is 11.8 Å². The zero-order chi connectivity index (χ0) is 17.0. The summed E-state index contributed by atoms with van der Waals surface area (Å²) in [5.41, 5.74) is 1.46. The minimum atomic E-state index is -0.541. The molecule has 0 amide bonds. The molecular weight excluding hydrogens is 300 g/mol. The molecule has 3 heteroatoms. The van der Waals surface area contributed by atoms with Gasteiger partial charge in [0.15, 0.2) is 5.78 Å². The molecule has 24 heavy (non-hydrogen) atoms. The Morgan fingerprint density at radius 1 is 1.00 bits per heavy atom. The van der Waals surface area contributed by atoms with Crippen molar-refractivity contribution in [3.63, 3.8) is 0 Å². The lowest BCUT2D eigenvalue weighted by Crippen LogP contribution is -2.13. The maximum Gasteiger partial charge on any atom is 0.338 e. The fourth-order valence-electron chi connectivity index (χ4n) is 2.50. The van der Waals surface area contributed by atoms with Gasteiger partial charge in [0.2, 0.25) is 0 Å². The Labute approximate surface area is 141 Å². The Bertz CT molecular complexity index is 804. The predicted molar refractivity (Wildman–Crippen MR) is 91.7 cm³/mol. The summed E-state index contributed by atoms with van der Waals surface area (Å²) in [6.45, 7) is 2.13. The van der Waals surface area contributed by atoms with Gasteiger partial charge in [0.25, 0.3) is 0 Å². The monoisotopic (exact) mass is 318 g/mol. The van der Waals surface area contributed by atoms with Gasteiger partial charge in [0.1, 0.15) is 0 Å². The average Bonchev–Trinajstić information content (AvgIpc) is 3.42. The minimum Gasteiger partial charge on any atom is -0.462 e. The molecule has 0 radical (unpaired) electrons. The highest BCUT2D eigenvalue weighted by molar-refractivity contribution is 6.04. The zero-order valence-corrected chi connectivity index (χ0v) is 13.5. The van der Waals surface area contributed by atoms with E-state index in [2.05, 4.69) is 11.8 Å². The van der Waals surface area contributed by atoms with E-state index in [1.807, 2.05) is 30.3 Å². The largest absolute Gasteiger partial charge is 0.462 e. The van der Waals surface area contributed by atoms with Crippen LogP contribution in [0.4, 0.5) is 0 Å². The highest BCUT2D eigenvalue weighted by Gasteiger charge is 2.48. The third-order valence-electron chi connectivity index (χ3n) is 4.06. The molecule has 0 spiro atoms. The van der Waals surface area contributed by atoms with Gasteiger partial charge in [-0.25, -0.2) is 4.79 Å². The molecule has 0 unspecified atom stereocenters. The number of benzene rings is 2. The van der Waals surface area contributed by atoms with E-state index in [0.29, 0.717) is 17.7 Å². The van der Waals surface area contributed by atoms with Crippen molar-refractivity contribution >= 4 is 11.8 Å². The summed E-state index contributed by atoms with van der Waals surface area (Å²) in [7, 11) is 0. The molecule has 2 aromatic carbocycles. The molecule has 3 nitrogen and oxygen atoms in total. The SMILES string of the molecule is CCOC(=O)c1ccc(C#CC2(C(=O)c3ccccc3)CC2)cc1. The van der Waals surface area contributed by atoms with Crippen LogP contribution < -0.4 is 0 Å². The summed E-state index contributed by atoms with van der Waals surface area (Å²) >= 11 is 0. The number of rotatable bonds is 4. The molecule has 3 rings (SSSR count). The van der Waals surface area contributed by atoms with Gasteiger partial charge < -0.3 is 4.74 Å². The van der Waals surface area contributed by atoms with Crippen LogP contribution in [0.25, 0.3) is 0 Å². The Morgan fingerprint density at radius 3 is 2.25 bits per heavy atom. The van der Waals surface area contributed by atoms with E-state index in [0.717, 1.165) is 18.4 Å². The summed E-state index contributed by atoms with van der Waals surface area (Å²) in [5, 5.41) is 0. The third kappa shape index (κ3) is 3.38. The number of hydrogen-bond acceptors (Lipinski definition) is 3. The van der Waals surface area contributed by atoms with Crippen molar-refractivity contribution < 1.29 is 14.3 Å². The Balaban J connectivity index is 1.75. The van der Waals surface area contributed by atoms with E-state index in [1.165, 1.54) is 0 Å². The maximum atomic E-state index is 12.6. The molecule has 0 atom stereocenters. The first kappa shape index (κ1) is 16.0. The molecule has 0 aromatic heterocycles. The lowest BCUT2D eigenvalue weighted by molar-refractivity contribution is 0.0526. The van der Waals surface area contributed by atoms with Crippen LogP contribution in [0.1, 0.15) is 46.0 Å². The standard InChI is InChI=1S/C21H18O3/c1-2-24-20(23)18-10-8-16(9-11-18)12-13-21(14-15-21)19(22)17-6-4-3-5-7-17/h3-11H,2,14-15H2,1H3. The molecule has 1 aliphatic rings. The van der Waals surface area contributed by atoms with Crippen LogP contribution in [0.2, 0.25) is 0 Å². The van der Waals surface area contributed by atoms with Gasteiger partial charge in [0, 0.05) is 11.1 Å². The summed E-state index contributed by atoms with van der Waals surface area (Å²) in [5.74, 6) is 5.97. The average molecular weight is 318 g/mol. The molecule has 0 saturated heterocycles. The molecular formula is C21H18O3. The quantitative estimate of drug-likeness (QED) is 0.488. The number of ether oxygens (including phenoxy) is 1. The number of hydrogen-bond donors (Lipinski definition) is 0. The first-order chi connectivity index (χ1) is 11.6. The van der Waals surface area contributed by atoms with Gasteiger partial charge in [-0.15, -0.1) is 0 Å². The zero-order valence-electron chi connectivity index (χ0n) is 13.5. The van der Waals surface area contributed by atoms with E-state index in [9.17, 15) is 9.59 Å². The van der Waals surface area contributed by atoms with E-state index in [4.69, 9.17) is 4.74 Å². The third-order valence-corrected chi connectivity index (χ3v) is 4.06. The van der Waals surface area contributed by atoms with Crippen LogP contribution in [-0.2, 0) is 4.74 Å². The van der Waals surface area contributed by atoms with Crippen molar-refractivity contribution in [1.29, 1.82) is 0 Å². The van der Waals surface area contributed by atoms with Crippen molar-refractivity contribution in [3.05, 3.63) is 71.3 Å². The normalized spacial score (nSPS) is 14.2. The van der Waals surface area contributed by atoms with Crippen molar-refractivity contribution in [2.45, 2.75) is 19.8 Å². The van der Waals surface area contributed by atoms with Crippen LogP contribution in [0.3, 0.4) is 0 Å². The number of esters is 1. The second kappa shape index (κ2) is 6.72. The van der Waals surface area contributed by atoms with Crippen LogP contribution in [0, 0.1) is 17.3 Å². The summed E-state index contributed by atoms with van der Waals surface area (Å²) < 4.78 is 4.95. The molecule has 0 heterocycles. The summed E-state index contributed by atoms with van der Waals surface area (Å²) in [6, 6.07) is 16.2. The van der Waals surface area contributed by atoms with E-state index >= 15 is 0 Å².